The van der Waals surface area contributed by atoms with Crippen molar-refractivity contribution in [1.82, 2.24) is 14.9 Å². The Bertz CT molecular complexity index is 684. The lowest BCUT2D eigenvalue weighted by atomic mass is 10.0. The summed E-state index contributed by atoms with van der Waals surface area (Å²) in [6, 6.07) is 6.32. The Morgan fingerprint density at radius 1 is 1.08 bits per heavy atom. The zero-order chi connectivity index (χ0) is 16.9. The lowest BCUT2D eigenvalue weighted by Crippen LogP contribution is -2.27. The maximum Gasteiger partial charge on any atom is 0.256 e. The number of benzene rings is 1. The third-order valence-electron chi connectivity index (χ3n) is 4.53. The van der Waals surface area contributed by atoms with E-state index in [0.717, 1.165) is 44.5 Å². The van der Waals surface area contributed by atoms with Crippen molar-refractivity contribution in [3.63, 3.8) is 0 Å². The molecule has 1 aromatic carbocycles. The van der Waals surface area contributed by atoms with Gasteiger partial charge in [-0.25, -0.2) is 9.97 Å². The van der Waals surface area contributed by atoms with Gasteiger partial charge in [0.15, 0.2) is 0 Å². The summed E-state index contributed by atoms with van der Waals surface area (Å²) in [4.78, 5) is 22.9. The molecular formula is C19H24N4O. The van der Waals surface area contributed by atoms with E-state index >= 15 is 0 Å². The number of anilines is 2. The molecule has 1 fully saturated rings. The molecule has 1 saturated heterocycles. The quantitative estimate of drug-likeness (QED) is 0.913. The van der Waals surface area contributed by atoms with Gasteiger partial charge in [0.05, 0.1) is 5.56 Å². The number of hydrogen-bond donors (Lipinski definition) is 1. The Hall–Kier alpha value is -2.43. The van der Waals surface area contributed by atoms with E-state index in [9.17, 15) is 4.79 Å². The van der Waals surface area contributed by atoms with E-state index < -0.39 is 0 Å². The van der Waals surface area contributed by atoms with Crippen LogP contribution < -0.4 is 5.32 Å². The van der Waals surface area contributed by atoms with Crippen LogP contribution in [0.2, 0.25) is 0 Å². The molecule has 1 aliphatic heterocycles. The smallest absolute Gasteiger partial charge is 0.256 e. The SMILES string of the molecule is CCc1cccc(CC)c1Nc1ncc(C(=O)N2CCCC2)cn1. The van der Waals surface area contributed by atoms with Crippen LogP contribution in [0.5, 0.6) is 0 Å². The van der Waals surface area contributed by atoms with Gasteiger partial charge in [-0.2, -0.15) is 0 Å². The highest BCUT2D eigenvalue weighted by Crippen LogP contribution is 2.25. The van der Waals surface area contributed by atoms with Crippen LogP contribution in [0.1, 0.15) is 48.2 Å². The summed E-state index contributed by atoms with van der Waals surface area (Å²) in [7, 11) is 0. The van der Waals surface area contributed by atoms with Crippen molar-refractivity contribution in [3.8, 4) is 0 Å². The van der Waals surface area contributed by atoms with Gasteiger partial charge in [0.2, 0.25) is 5.95 Å². The van der Waals surface area contributed by atoms with E-state index in [1.807, 2.05) is 4.90 Å². The molecular weight excluding hydrogens is 300 g/mol. The van der Waals surface area contributed by atoms with Crippen LogP contribution in [0, 0.1) is 0 Å². The molecule has 1 amide bonds. The molecule has 5 nitrogen and oxygen atoms in total. The lowest BCUT2D eigenvalue weighted by molar-refractivity contribution is 0.0792. The van der Waals surface area contributed by atoms with Crippen LogP contribution >= 0.6 is 0 Å². The number of amides is 1. The Morgan fingerprint density at radius 2 is 1.67 bits per heavy atom. The third-order valence-corrected chi connectivity index (χ3v) is 4.53. The van der Waals surface area contributed by atoms with Gasteiger partial charge in [0, 0.05) is 31.2 Å². The lowest BCUT2D eigenvalue weighted by Gasteiger charge is -2.16. The van der Waals surface area contributed by atoms with Crippen LogP contribution in [-0.4, -0.2) is 33.9 Å². The standard InChI is InChI=1S/C19H24N4O/c1-3-14-8-7-9-15(4-2)17(14)22-19-20-12-16(13-21-19)18(24)23-10-5-6-11-23/h7-9,12-13H,3-6,10-11H2,1-2H3,(H,20,21,22). The van der Waals surface area contributed by atoms with Crippen molar-refractivity contribution in [1.29, 1.82) is 0 Å². The molecule has 0 bridgehead atoms. The summed E-state index contributed by atoms with van der Waals surface area (Å²) in [5.41, 5.74) is 4.13. The van der Waals surface area contributed by atoms with Gasteiger partial charge in [-0.05, 0) is 36.8 Å². The first-order valence-corrected chi connectivity index (χ1v) is 8.72. The topological polar surface area (TPSA) is 58.1 Å². The number of nitrogens with one attached hydrogen (secondary N) is 1. The first kappa shape index (κ1) is 16.4. The predicted octanol–water partition coefficient (Wildman–Crippen LogP) is 3.58. The van der Waals surface area contributed by atoms with Gasteiger partial charge in [-0.3, -0.25) is 4.79 Å². The molecule has 24 heavy (non-hydrogen) atoms. The number of para-hydroxylation sites is 1. The monoisotopic (exact) mass is 324 g/mol. The molecule has 1 N–H and O–H groups in total. The zero-order valence-electron chi connectivity index (χ0n) is 14.4. The highest BCUT2D eigenvalue weighted by Gasteiger charge is 2.20. The minimum Gasteiger partial charge on any atom is -0.339 e. The fraction of sp³-hybridized carbons (Fsp3) is 0.421. The van der Waals surface area contributed by atoms with Gasteiger partial charge in [-0.1, -0.05) is 32.0 Å². The van der Waals surface area contributed by atoms with Crippen molar-refractivity contribution in [2.24, 2.45) is 0 Å². The Labute approximate surface area is 143 Å². The highest BCUT2D eigenvalue weighted by molar-refractivity contribution is 5.93. The second-order valence-corrected chi connectivity index (χ2v) is 6.08. The molecule has 2 heterocycles. The molecule has 1 aromatic heterocycles. The number of likely N-dealkylation sites (tertiary alicyclic amines) is 1. The first-order chi connectivity index (χ1) is 11.7. The Balaban J connectivity index is 1.78. The number of carbonyl (C=O) groups excluding carboxylic acids is 1. The largest absolute Gasteiger partial charge is 0.339 e. The van der Waals surface area contributed by atoms with E-state index in [2.05, 4.69) is 47.3 Å². The molecule has 0 unspecified atom stereocenters. The van der Waals surface area contributed by atoms with Crippen molar-refractivity contribution >= 4 is 17.5 Å². The van der Waals surface area contributed by atoms with E-state index in [4.69, 9.17) is 0 Å². The second-order valence-electron chi connectivity index (χ2n) is 6.08. The number of nitrogens with zero attached hydrogens (tertiary/aromatic N) is 3. The van der Waals surface area contributed by atoms with E-state index in [1.54, 1.807) is 12.4 Å². The molecule has 2 aromatic rings. The van der Waals surface area contributed by atoms with Gasteiger partial charge >= 0.3 is 0 Å². The van der Waals surface area contributed by atoms with Crippen LogP contribution in [0.3, 0.4) is 0 Å². The van der Waals surface area contributed by atoms with E-state index in [1.165, 1.54) is 11.1 Å². The van der Waals surface area contributed by atoms with E-state index in [-0.39, 0.29) is 5.91 Å². The van der Waals surface area contributed by atoms with Crippen LogP contribution in [0.25, 0.3) is 0 Å². The average molecular weight is 324 g/mol. The van der Waals surface area contributed by atoms with Gasteiger partial charge in [-0.15, -0.1) is 0 Å². The molecule has 0 spiro atoms. The molecule has 1 aliphatic rings. The summed E-state index contributed by atoms with van der Waals surface area (Å²) in [6.07, 6.45) is 7.30. The average Bonchev–Trinajstić information content (AvgIpc) is 3.16. The fourth-order valence-corrected chi connectivity index (χ4v) is 3.12. The molecule has 0 atom stereocenters. The van der Waals surface area contributed by atoms with Crippen LogP contribution in [0.4, 0.5) is 11.6 Å². The number of hydrogen-bond acceptors (Lipinski definition) is 4. The van der Waals surface area contributed by atoms with Crippen molar-refractivity contribution in [3.05, 3.63) is 47.3 Å². The van der Waals surface area contributed by atoms with E-state index in [0.29, 0.717) is 11.5 Å². The minimum absolute atomic E-state index is 0.0299. The summed E-state index contributed by atoms with van der Waals surface area (Å²) in [6.45, 7) is 5.95. The number of rotatable bonds is 5. The first-order valence-electron chi connectivity index (χ1n) is 8.72. The zero-order valence-corrected chi connectivity index (χ0v) is 14.4. The molecule has 0 aliphatic carbocycles. The maximum atomic E-state index is 12.3. The maximum absolute atomic E-state index is 12.3. The van der Waals surface area contributed by atoms with Crippen LogP contribution in [0.15, 0.2) is 30.6 Å². The van der Waals surface area contributed by atoms with Gasteiger partial charge in [0.25, 0.3) is 5.91 Å². The summed E-state index contributed by atoms with van der Waals surface area (Å²) < 4.78 is 0. The number of aromatic nitrogens is 2. The summed E-state index contributed by atoms with van der Waals surface area (Å²) in [5, 5.41) is 3.33. The summed E-state index contributed by atoms with van der Waals surface area (Å²) >= 11 is 0. The number of carbonyl (C=O) groups is 1. The second kappa shape index (κ2) is 7.43. The molecule has 3 rings (SSSR count). The molecule has 0 saturated carbocycles. The fourth-order valence-electron chi connectivity index (χ4n) is 3.12. The molecule has 0 radical (unpaired) electrons. The number of aryl methyl sites for hydroxylation is 2. The van der Waals surface area contributed by atoms with Crippen molar-refractivity contribution < 1.29 is 4.79 Å². The predicted molar refractivity (Wildman–Crippen MR) is 95.7 cm³/mol. The van der Waals surface area contributed by atoms with Crippen molar-refractivity contribution in [2.45, 2.75) is 39.5 Å². The Kier molecular flexibility index (Phi) is 5.08. The normalized spacial score (nSPS) is 14.0. The van der Waals surface area contributed by atoms with Gasteiger partial charge < -0.3 is 10.2 Å². The van der Waals surface area contributed by atoms with Crippen LogP contribution in [-0.2, 0) is 12.8 Å². The summed E-state index contributed by atoms with van der Waals surface area (Å²) in [5.74, 6) is 0.561. The van der Waals surface area contributed by atoms with Crippen molar-refractivity contribution in [2.75, 3.05) is 18.4 Å². The highest BCUT2D eigenvalue weighted by atomic mass is 16.2. The molecule has 126 valence electrons. The minimum atomic E-state index is 0.0299. The Morgan fingerprint density at radius 3 is 2.21 bits per heavy atom. The third kappa shape index (κ3) is 3.40. The molecule has 5 heteroatoms. The van der Waals surface area contributed by atoms with Gasteiger partial charge in [0.1, 0.15) is 0 Å².